The van der Waals surface area contributed by atoms with Gasteiger partial charge in [0.15, 0.2) is 6.61 Å². The van der Waals surface area contributed by atoms with Crippen LogP contribution in [0.25, 0.3) is 0 Å². The molecule has 9 nitrogen and oxygen atoms in total. The number of nitrogens with one attached hydrogen (secondary N) is 1. The number of ether oxygens (including phenoxy) is 2. The standard InChI is InChI=1S/C18H24N2O7S/c1-2-26-18(23)19-16(21)13-27-17(22)14-7-9-15(10-8-14)28(24,25)20-11-5-3-4-6-12-20/h7-10H,2-6,11-13H2,1H3,(H,19,21,23). The third-order valence-electron chi connectivity index (χ3n) is 4.14. The number of esters is 1. The second-order valence-corrected chi connectivity index (χ2v) is 8.13. The topological polar surface area (TPSA) is 119 Å². The molecule has 1 saturated heterocycles. The Morgan fingerprint density at radius 3 is 2.18 bits per heavy atom. The Morgan fingerprint density at radius 2 is 1.61 bits per heavy atom. The number of benzene rings is 1. The molecule has 0 unspecified atom stereocenters. The number of nitrogens with zero attached hydrogens (tertiary/aromatic N) is 1. The summed E-state index contributed by atoms with van der Waals surface area (Å²) in [4.78, 5) is 34.7. The first-order valence-electron chi connectivity index (χ1n) is 9.08. The number of hydrogen-bond donors (Lipinski definition) is 1. The van der Waals surface area contributed by atoms with Gasteiger partial charge < -0.3 is 9.47 Å². The molecular formula is C18H24N2O7S. The average molecular weight is 412 g/mol. The van der Waals surface area contributed by atoms with Crippen LogP contribution in [-0.4, -0.2) is 57.0 Å². The Morgan fingerprint density at radius 1 is 1.00 bits per heavy atom. The predicted molar refractivity (Wildman–Crippen MR) is 99.1 cm³/mol. The molecule has 0 spiro atoms. The van der Waals surface area contributed by atoms with Gasteiger partial charge in [-0.3, -0.25) is 10.1 Å². The van der Waals surface area contributed by atoms with Crippen LogP contribution < -0.4 is 5.32 Å². The average Bonchev–Trinajstić information content (AvgIpc) is 2.96. The monoisotopic (exact) mass is 412 g/mol. The lowest BCUT2D eigenvalue weighted by Gasteiger charge is -2.19. The van der Waals surface area contributed by atoms with E-state index in [1.165, 1.54) is 28.6 Å². The van der Waals surface area contributed by atoms with E-state index in [1.54, 1.807) is 6.92 Å². The highest BCUT2D eigenvalue weighted by Gasteiger charge is 2.25. The first-order chi connectivity index (χ1) is 13.3. The molecular weight excluding hydrogens is 388 g/mol. The highest BCUT2D eigenvalue weighted by molar-refractivity contribution is 7.89. The Kier molecular flexibility index (Phi) is 7.94. The van der Waals surface area contributed by atoms with Gasteiger partial charge in [0, 0.05) is 13.1 Å². The maximum Gasteiger partial charge on any atom is 0.413 e. The fourth-order valence-electron chi connectivity index (χ4n) is 2.73. The smallest absolute Gasteiger partial charge is 0.413 e. The molecule has 2 rings (SSSR count). The van der Waals surface area contributed by atoms with Gasteiger partial charge in [-0.15, -0.1) is 0 Å². The van der Waals surface area contributed by atoms with Crippen LogP contribution in [0.5, 0.6) is 0 Å². The van der Waals surface area contributed by atoms with E-state index in [2.05, 4.69) is 4.74 Å². The van der Waals surface area contributed by atoms with Gasteiger partial charge in [0.1, 0.15) is 0 Å². The molecule has 0 saturated carbocycles. The first-order valence-corrected chi connectivity index (χ1v) is 10.5. The summed E-state index contributed by atoms with van der Waals surface area (Å²) in [7, 11) is -3.61. The summed E-state index contributed by atoms with van der Waals surface area (Å²) in [6.07, 6.45) is 2.77. The largest absolute Gasteiger partial charge is 0.452 e. The number of carbonyl (C=O) groups excluding carboxylic acids is 3. The zero-order valence-corrected chi connectivity index (χ0v) is 16.5. The van der Waals surface area contributed by atoms with Gasteiger partial charge in [-0.25, -0.2) is 18.0 Å². The van der Waals surface area contributed by atoms with E-state index >= 15 is 0 Å². The SMILES string of the molecule is CCOC(=O)NC(=O)COC(=O)c1ccc(S(=O)(=O)N2CCCCCC2)cc1. The first kappa shape index (κ1) is 21.8. The zero-order chi connectivity index (χ0) is 20.6. The summed E-state index contributed by atoms with van der Waals surface area (Å²) in [5.74, 6) is -1.63. The maximum atomic E-state index is 12.7. The van der Waals surface area contributed by atoms with Crippen molar-refractivity contribution in [1.82, 2.24) is 9.62 Å². The minimum Gasteiger partial charge on any atom is -0.452 e. The third-order valence-corrected chi connectivity index (χ3v) is 6.06. The van der Waals surface area contributed by atoms with Crippen LogP contribution in [0.15, 0.2) is 29.2 Å². The summed E-state index contributed by atoms with van der Waals surface area (Å²) in [5.41, 5.74) is 0.0961. The fourth-order valence-corrected chi connectivity index (χ4v) is 4.24. The summed E-state index contributed by atoms with van der Waals surface area (Å²) < 4.78 is 36.2. The lowest BCUT2D eigenvalue weighted by atomic mass is 10.2. The number of carbonyl (C=O) groups is 3. The third kappa shape index (κ3) is 6.03. The Balaban J connectivity index is 1.94. The van der Waals surface area contributed by atoms with E-state index in [9.17, 15) is 22.8 Å². The molecule has 2 amide bonds. The maximum absolute atomic E-state index is 12.7. The highest BCUT2D eigenvalue weighted by atomic mass is 32.2. The van der Waals surface area contributed by atoms with Crippen molar-refractivity contribution in [3.05, 3.63) is 29.8 Å². The van der Waals surface area contributed by atoms with Gasteiger partial charge in [-0.2, -0.15) is 4.31 Å². The number of sulfonamides is 1. The van der Waals surface area contributed by atoms with E-state index in [1.807, 2.05) is 5.32 Å². The van der Waals surface area contributed by atoms with Crippen molar-refractivity contribution in [2.24, 2.45) is 0 Å². The second-order valence-electron chi connectivity index (χ2n) is 6.19. The Hall–Kier alpha value is -2.46. The minimum absolute atomic E-state index is 0.0961. The molecule has 0 aliphatic carbocycles. The normalized spacial score (nSPS) is 15.3. The predicted octanol–water partition coefficient (Wildman–Crippen LogP) is 1.68. The van der Waals surface area contributed by atoms with E-state index in [4.69, 9.17) is 4.74 Å². The number of amides is 2. The van der Waals surface area contributed by atoms with E-state index < -0.39 is 34.6 Å². The van der Waals surface area contributed by atoms with Gasteiger partial charge in [-0.05, 0) is 44.0 Å². The van der Waals surface area contributed by atoms with Crippen molar-refractivity contribution in [2.75, 3.05) is 26.3 Å². The van der Waals surface area contributed by atoms with E-state index in [-0.39, 0.29) is 17.1 Å². The van der Waals surface area contributed by atoms with Crippen molar-refractivity contribution in [3.8, 4) is 0 Å². The molecule has 1 fully saturated rings. The Labute approximate surface area is 164 Å². The van der Waals surface area contributed by atoms with Gasteiger partial charge >= 0.3 is 12.1 Å². The van der Waals surface area contributed by atoms with E-state index in [0.717, 1.165) is 25.7 Å². The molecule has 1 aromatic rings. The molecule has 1 aromatic carbocycles. The fraction of sp³-hybridized carbons (Fsp3) is 0.500. The van der Waals surface area contributed by atoms with Crippen molar-refractivity contribution >= 4 is 28.0 Å². The zero-order valence-electron chi connectivity index (χ0n) is 15.7. The van der Waals surface area contributed by atoms with Gasteiger partial charge in [0.05, 0.1) is 17.1 Å². The molecule has 28 heavy (non-hydrogen) atoms. The summed E-state index contributed by atoms with van der Waals surface area (Å²) >= 11 is 0. The number of alkyl carbamates (subject to hydrolysis) is 1. The molecule has 1 aliphatic heterocycles. The molecule has 154 valence electrons. The molecule has 1 aliphatic rings. The van der Waals surface area contributed by atoms with Crippen LogP contribution >= 0.6 is 0 Å². The van der Waals surface area contributed by atoms with Crippen LogP contribution in [0, 0.1) is 0 Å². The second kappa shape index (κ2) is 10.2. The van der Waals surface area contributed by atoms with Crippen LogP contribution in [0.3, 0.4) is 0 Å². The number of imide groups is 1. The lowest BCUT2D eigenvalue weighted by molar-refractivity contribution is -0.123. The molecule has 0 bridgehead atoms. The van der Waals surface area contributed by atoms with Gasteiger partial charge in [0.25, 0.3) is 5.91 Å². The molecule has 0 atom stereocenters. The van der Waals surface area contributed by atoms with Gasteiger partial charge in [0.2, 0.25) is 10.0 Å². The molecule has 0 radical (unpaired) electrons. The van der Waals surface area contributed by atoms with Crippen molar-refractivity contribution in [2.45, 2.75) is 37.5 Å². The van der Waals surface area contributed by atoms with Crippen LogP contribution in [-0.2, 0) is 24.3 Å². The molecule has 0 aromatic heterocycles. The quantitative estimate of drug-likeness (QED) is 0.706. The van der Waals surface area contributed by atoms with Gasteiger partial charge in [-0.1, -0.05) is 12.8 Å². The minimum atomic E-state index is -3.61. The van der Waals surface area contributed by atoms with Crippen LogP contribution in [0.4, 0.5) is 4.79 Å². The highest BCUT2D eigenvalue weighted by Crippen LogP contribution is 2.20. The number of hydrogen-bond acceptors (Lipinski definition) is 7. The van der Waals surface area contributed by atoms with Crippen molar-refractivity contribution in [1.29, 1.82) is 0 Å². The lowest BCUT2D eigenvalue weighted by Crippen LogP contribution is -2.34. The number of rotatable bonds is 6. The molecule has 1 N–H and O–H groups in total. The summed E-state index contributed by atoms with van der Waals surface area (Å²) in [6, 6.07) is 5.34. The summed E-state index contributed by atoms with van der Waals surface area (Å²) in [5, 5.41) is 1.90. The van der Waals surface area contributed by atoms with Crippen LogP contribution in [0.2, 0.25) is 0 Å². The Bertz CT molecular complexity index is 798. The van der Waals surface area contributed by atoms with Crippen molar-refractivity contribution in [3.63, 3.8) is 0 Å². The van der Waals surface area contributed by atoms with Crippen LogP contribution in [0.1, 0.15) is 43.0 Å². The molecule has 10 heteroatoms. The van der Waals surface area contributed by atoms with E-state index in [0.29, 0.717) is 13.1 Å². The molecule has 1 heterocycles. The summed E-state index contributed by atoms with van der Waals surface area (Å²) in [6.45, 7) is 2.00. The van der Waals surface area contributed by atoms with Crippen molar-refractivity contribution < 1.29 is 32.3 Å².